The maximum absolute atomic E-state index is 6.31. The summed E-state index contributed by atoms with van der Waals surface area (Å²) >= 11 is 6.31. The molecule has 0 heterocycles. The predicted molar refractivity (Wildman–Crippen MR) is 58.2 cm³/mol. The van der Waals surface area contributed by atoms with Gasteiger partial charge in [-0.3, -0.25) is 0 Å². The second kappa shape index (κ2) is 4.64. The molecule has 0 spiro atoms. The first-order valence-electron chi connectivity index (χ1n) is 4.48. The van der Waals surface area contributed by atoms with Gasteiger partial charge in [0, 0.05) is 6.04 Å². The van der Waals surface area contributed by atoms with Gasteiger partial charge in [-0.1, -0.05) is 30.3 Å². The fourth-order valence-electron chi connectivity index (χ4n) is 1.18. The van der Waals surface area contributed by atoms with Crippen LogP contribution in [-0.2, 0) is 0 Å². The van der Waals surface area contributed by atoms with E-state index in [0.29, 0.717) is 6.04 Å². The van der Waals surface area contributed by atoms with Crippen LogP contribution in [0.3, 0.4) is 0 Å². The first-order chi connectivity index (χ1) is 6.13. The van der Waals surface area contributed by atoms with E-state index in [4.69, 9.17) is 11.6 Å². The van der Waals surface area contributed by atoms with Crippen molar-refractivity contribution < 1.29 is 0 Å². The van der Waals surface area contributed by atoms with Crippen LogP contribution in [-0.4, -0.2) is 25.0 Å². The monoisotopic (exact) mass is 197 g/mol. The van der Waals surface area contributed by atoms with Gasteiger partial charge in [0.2, 0.25) is 0 Å². The highest BCUT2D eigenvalue weighted by molar-refractivity contribution is 6.21. The number of halogens is 1. The Kier molecular flexibility index (Phi) is 3.76. The van der Waals surface area contributed by atoms with Gasteiger partial charge < -0.3 is 4.90 Å². The molecule has 2 heteroatoms. The average molecular weight is 198 g/mol. The molecule has 1 nitrogen and oxygen atoms in total. The van der Waals surface area contributed by atoms with E-state index in [2.05, 4.69) is 24.0 Å². The summed E-state index contributed by atoms with van der Waals surface area (Å²) in [6, 6.07) is 10.5. The minimum absolute atomic E-state index is 0.0659. The number of alkyl halides is 1. The topological polar surface area (TPSA) is 3.24 Å². The lowest BCUT2D eigenvalue weighted by Crippen LogP contribution is -2.28. The summed E-state index contributed by atoms with van der Waals surface area (Å²) in [5.74, 6) is 0. The van der Waals surface area contributed by atoms with Gasteiger partial charge in [0.15, 0.2) is 0 Å². The molecule has 0 saturated heterocycles. The van der Waals surface area contributed by atoms with Crippen LogP contribution in [0.2, 0.25) is 0 Å². The molecule has 13 heavy (non-hydrogen) atoms. The summed E-state index contributed by atoms with van der Waals surface area (Å²) in [4.78, 5) is 2.13. The normalized spacial score (nSPS) is 15.8. The Morgan fingerprint density at radius 2 is 1.69 bits per heavy atom. The molecule has 0 fully saturated rings. The standard InChI is InChI=1S/C11H16ClN/c1-9(13(2)3)11(12)10-7-5-4-6-8-10/h4-9,11H,1-3H3. The first kappa shape index (κ1) is 10.6. The van der Waals surface area contributed by atoms with E-state index in [1.54, 1.807) is 0 Å². The van der Waals surface area contributed by atoms with Gasteiger partial charge in [-0.05, 0) is 26.6 Å². The van der Waals surface area contributed by atoms with Crippen molar-refractivity contribution in [1.82, 2.24) is 4.90 Å². The van der Waals surface area contributed by atoms with Crippen LogP contribution in [0, 0.1) is 0 Å². The lowest BCUT2D eigenvalue weighted by atomic mass is 10.1. The lowest BCUT2D eigenvalue weighted by Gasteiger charge is -2.24. The van der Waals surface area contributed by atoms with Gasteiger partial charge in [0.05, 0.1) is 5.38 Å². The van der Waals surface area contributed by atoms with Crippen LogP contribution in [0.4, 0.5) is 0 Å². The summed E-state index contributed by atoms with van der Waals surface area (Å²) in [7, 11) is 4.09. The molecule has 2 atom stereocenters. The Labute approximate surface area is 85.3 Å². The summed E-state index contributed by atoms with van der Waals surface area (Å²) in [6.45, 7) is 2.13. The molecule has 0 radical (unpaired) electrons. The van der Waals surface area contributed by atoms with E-state index in [0.717, 1.165) is 0 Å². The van der Waals surface area contributed by atoms with E-state index >= 15 is 0 Å². The van der Waals surface area contributed by atoms with Crippen molar-refractivity contribution in [3.63, 3.8) is 0 Å². The molecule has 0 N–H and O–H groups in total. The Bertz CT molecular complexity index is 246. The average Bonchev–Trinajstić information content (AvgIpc) is 2.17. The minimum atomic E-state index is 0.0659. The largest absolute Gasteiger partial charge is 0.305 e. The van der Waals surface area contributed by atoms with Crippen LogP contribution >= 0.6 is 11.6 Å². The molecule has 1 aromatic carbocycles. The molecular formula is C11H16ClN. The SMILES string of the molecule is CC(C(Cl)c1ccccc1)N(C)C. The second-order valence-electron chi connectivity index (χ2n) is 3.52. The number of hydrogen-bond acceptors (Lipinski definition) is 1. The van der Waals surface area contributed by atoms with Crippen molar-refractivity contribution in [2.24, 2.45) is 0 Å². The highest BCUT2D eigenvalue weighted by Crippen LogP contribution is 2.25. The zero-order valence-corrected chi connectivity index (χ0v) is 9.12. The Hall–Kier alpha value is -0.530. The van der Waals surface area contributed by atoms with Gasteiger partial charge in [-0.25, -0.2) is 0 Å². The molecule has 2 unspecified atom stereocenters. The van der Waals surface area contributed by atoms with Gasteiger partial charge in [0.25, 0.3) is 0 Å². The second-order valence-corrected chi connectivity index (χ2v) is 3.99. The van der Waals surface area contributed by atoms with E-state index in [1.807, 2.05) is 32.3 Å². The van der Waals surface area contributed by atoms with E-state index in [9.17, 15) is 0 Å². The third-order valence-electron chi connectivity index (χ3n) is 2.36. The quantitative estimate of drug-likeness (QED) is 0.674. The van der Waals surface area contributed by atoms with E-state index in [1.165, 1.54) is 5.56 Å². The Morgan fingerprint density at radius 1 is 1.15 bits per heavy atom. The van der Waals surface area contributed by atoms with Crippen molar-refractivity contribution in [1.29, 1.82) is 0 Å². The fraction of sp³-hybridized carbons (Fsp3) is 0.455. The van der Waals surface area contributed by atoms with Gasteiger partial charge in [-0.2, -0.15) is 0 Å². The molecule has 0 bridgehead atoms. The lowest BCUT2D eigenvalue weighted by molar-refractivity contribution is 0.306. The maximum atomic E-state index is 6.31. The zero-order valence-electron chi connectivity index (χ0n) is 8.37. The summed E-state index contributed by atoms with van der Waals surface area (Å²) < 4.78 is 0. The smallest absolute Gasteiger partial charge is 0.0737 e. The van der Waals surface area contributed by atoms with Gasteiger partial charge in [-0.15, -0.1) is 11.6 Å². The Morgan fingerprint density at radius 3 is 2.15 bits per heavy atom. The van der Waals surface area contributed by atoms with Crippen LogP contribution < -0.4 is 0 Å². The van der Waals surface area contributed by atoms with Crippen LogP contribution in [0.5, 0.6) is 0 Å². The van der Waals surface area contributed by atoms with Crippen molar-refractivity contribution in [2.45, 2.75) is 18.3 Å². The van der Waals surface area contributed by atoms with E-state index < -0.39 is 0 Å². The molecule has 72 valence electrons. The van der Waals surface area contributed by atoms with Gasteiger partial charge >= 0.3 is 0 Å². The van der Waals surface area contributed by atoms with Crippen molar-refractivity contribution in [3.8, 4) is 0 Å². The third kappa shape index (κ3) is 2.71. The number of benzene rings is 1. The molecule has 0 aliphatic heterocycles. The van der Waals surface area contributed by atoms with Crippen LogP contribution in [0.15, 0.2) is 30.3 Å². The summed E-state index contributed by atoms with van der Waals surface area (Å²) in [5.41, 5.74) is 1.19. The highest BCUT2D eigenvalue weighted by Gasteiger charge is 2.17. The minimum Gasteiger partial charge on any atom is -0.305 e. The van der Waals surface area contributed by atoms with Crippen LogP contribution in [0.25, 0.3) is 0 Å². The molecule has 1 rings (SSSR count). The molecule has 0 aromatic heterocycles. The van der Waals surface area contributed by atoms with Crippen molar-refractivity contribution >= 4 is 11.6 Å². The van der Waals surface area contributed by atoms with Gasteiger partial charge in [0.1, 0.15) is 0 Å². The van der Waals surface area contributed by atoms with Crippen molar-refractivity contribution in [2.75, 3.05) is 14.1 Å². The molecule has 0 aliphatic rings. The number of rotatable bonds is 3. The summed E-state index contributed by atoms with van der Waals surface area (Å²) in [6.07, 6.45) is 0. The first-order valence-corrected chi connectivity index (χ1v) is 4.92. The number of hydrogen-bond donors (Lipinski definition) is 0. The molecular weight excluding hydrogens is 182 g/mol. The van der Waals surface area contributed by atoms with Crippen molar-refractivity contribution in [3.05, 3.63) is 35.9 Å². The Balaban J connectivity index is 2.73. The number of nitrogens with zero attached hydrogens (tertiary/aromatic N) is 1. The third-order valence-corrected chi connectivity index (χ3v) is 2.97. The fourth-order valence-corrected chi connectivity index (χ4v) is 1.55. The molecule has 0 amide bonds. The predicted octanol–water partition coefficient (Wildman–Crippen LogP) is 2.92. The molecule has 0 aliphatic carbocycles. The highest BCUT2D eigenvalue weighted by atomic mass is 35.5. The zero-order chi connectivity index (χ0) is 9.84. The van der Waals surface area contributed by atoms with Crippen LogP contribution in [0.1, 0.15) is 17.9 Å². The number of likely N-dealkylation sites (N-methyl/N-ethyl adjacent to an activating group) is 1. The summed E-state index contributed by atoms with van der Waals surface area (Å²) in [5, 5.41) is 0.0659. The van der Waals surface area contributed by atoms with E-state index in [-0.39, 0.29) is 5.38 Å². The maximum Gasteiger partial charge on any atom is 0.0737 e. The molecule has 0 saturated carbocycles. The molecule has 1 aromatic rings.